The van der Waals surface area contributed by atoms with E-state index in [0.717, 1.165) is 24.7 Å². The first-order valence-corrected chi connectivity index (χ1v) is 5.93. The quantitative estimate of drug-likeness (QED) is 0.768. The van der Waals surface area contributed by atoms with Gasteiger partial charge < -0.3 is 14.8 Å². The van der Waals surface area contributed by atoms with Crippen molar-refractivity contribution < 1.29 is 0 Å². The highest BCUT2D eigenvalue weighted by Gasteiger charge is 2.22. The number of likely N-dealkylation sites (N-methyl/N-ethyl adjacent to an activating group) is 1. The fourth-order valence-corrected chi connectivity index (χ4v) is 1.53. The minimum absolute atomic E-state index is 0.0950. The molecule has 0 radical (unpaired) electrons. The molecule has 0 fully saturated rings. The Kier molecular flexibility index (Phi) is 4.34. The molecule has 1 aromatic rings. The number of hydrogen-bond acceptors (Lipinski definition) is 3. The second-order valence-electron chi connectivity index (χ2n) is 5.21. The number of nitrogens with one attached hydrogen (secondary N) is 1. The van der Waals surface area contributed by atoms with Crippen LogP contribution in [0.15, 0.2) is 18.9 Å². The lowest BCUT2D eigenvalue weighted by Gasteiger charge is -2.33. The molecule has 0 saturated carbocycles. The van der Waals surface area contributed by atoms with E-state index in [4.69, 9.17) is 0 Å². The Balaban J connectivity index is 2.86. The third-order valence-electron chi connectivity index (χ3n) is 3.07. The first kappa shape index (κ1) is 13.8. The fraction of sp³-hybridized carbons (Fsp3) is 0.615. The van der Waals surface area contributed by atoms with Gasteiger partial charge in [-0.15, -0.1) is 6.58 Å². The molecule has 4 nitrogen and oxygen atoms in total. The zero-order valence-electron chi connectivity index (χ0n) is 11.6. The average molecular weight is 236 g/mol. The van der Waals surface area contributed by atoms with Gasteiger partial charge in [-0.25, -0.2) is 4.98 Å². The number of nitrogens with zero attached hydrogens (tertiary/aromatic N) is 3. The SMILES string of the molecule is C=CCNc1nc(C)cn1CC(C)(C)N(C)C. The van der Waals surface area contributed by atoms with Gasteiger partial charge in [0.15, 0.2) is 0 Å². The molecular formula is C13H24N4. The average Bonchev–Trinajstić information content (AvgIpc) is 2.54. The van der Waals surface area contributed by atoms with Gasteiger partial charge in [-0.1, -0.05) is 6.08 Å². The summed E-state index contributed by atoms with van der Waals surface area (Å²) in [5, 5.41) is 3.26. The van der Waals surface area contributed by atoms with Crippen molar-refractivity contribution in [1.82, 2.24) is 14.5 Å². The predicted molar refractivity (Wildman–Crippen MR) is 73.4 cm³/mol. The molecule has 0 aliphatic rings. The molecule has 0 bridgehead atoms. The summed E-state index contributed by atoms with van der Waals surface area (Å²) in [6.45, 7) is 11.8. The van der Waals surface area contributed by atoms with E-state index in [1.807, 2.05) is 13.0 Å². The van der Waals surface area contributed by atoms with Crippen molar-refractivity contribution in [2.45, 2.75) is 32.9 Å². The van der Waals surface area contributed by atoms with Crippen LogP contribution in [-0.4, -0.2) is 40.6 Å². The van der Waals surface area contributed by atoms with Crippen molar-refractivity contribution in [3.8, 4) is 0 Å². The molecule has 1 aromatic heterocycles. The highest BCUT2D eigenvalue weighted by atomic mass is 15.2. The van der Waals surface area contributed by atoms with E-state index in [1.54, 1.807) is 0 Å². The number of rotatable bonds is 6. The zero-order valence-corrected chi connectivity index (χ0v) is 11.6. The van der Waals surface area contributed by atoms with E-state index in [2.05, 4.69) is 60.5 Å². The second-order valence-corrected chi connectivity index (χ2v) is 5.21. The Bertz CT molecular complexity index is 377. The molecule has 0 saturated heterocycles. The minimum Gasteiger partial charge on any atom is -0.352 e. The number of anilines is 1. The normalized spacial score (nSPS) is 11.9. The molecule has 0 aliphatic carbocycles. The molecule has 0 atom stereocenters. The molecule has 17 heavy (non-hydrogen) atoms. The van der Waals surface area contributed by atoms with Gasteiger partial charge in [0, 0.05) is 24.8 Å². The highest BCUT2D eigenvalue weighted by molar-refractivity contribution is 5.29. The monoisotopic (exact) mass is 236 g/mol. The van der Waals surface area contributed by atoms with Crippen LogP contribution in [0.4, 0.5) is 5.95 Å². The Morgan fingerprint density at radius 3 is 2.71 bits per heavy atom. The number of hydrogen-bond donors (Lipinski definition) is 1. The summed E-state index contributed by atoms with van der Waals surface area (Å²) >= 11 is 0. The summed E-state index contributed by atoms with van der Waals surface area (Å²) in [7, 11) is 4.20. The molecule has 1 N–H and O–H groups in total. The molecular weight excluding hydrogens is 212 g/mol. The van der Waals surface area contributed by atoms with Gasteiger partial charge in [0.25, 0.3) is 0 Å². The number of aryl methyl sites for hydroxylation is 1. The van der Waals surface area contributed by atoms with Crippen molar-refractivity contribution in [2.75, 3.05) is 26.0 Å². The van der Waals surface area contributed by atoms with Gasteiger partial charge in [-0.05, 0) is 34.9 Å². The number of aromatic nitrogens is 2. The van der Waals surface area contributed by atoms with Crippen molar-refractivity contribution in [3.05, 3.63) is 24.5 Å². The van der Waals surface area contributed by atoms with Gasteiger partial charge in [-0.3, -0.25) is 0 Å². The Morgan fingerprint density at radius 1 is 1.53 bits per heavy atom. The van der Waals surface area contributed by atoms with Crippen molar-refractivity contribution in [1.29, 1.82) is 0 Å². The van der Waals surface area contributed by atoms with E-state index in [9.17, 15) is 0 Å². The molecule has 0 spiro atoms. The van der Waals surface area contributed by atoms with Crippen LogP contribution in [0.1, 0.15) is 19.5 Å². The van der Waals surface area contributed by atoms with Crippen LogP contribution in [-0.2, 0) is 6.54 Å². The van der Waals surface area contributed by atoms with Gasteiger partial charge in [0.2, 0.25) is 5.95 Å². The summed E-state index contributed by atoms with van der Waals surface area (Å²) in [6.07, 6.45) is 3.92. The van der Waals surface area contributed by atoms with Gasteiger partial charge in [0.1, 0.15) is 0 Å². The first-order chi connectivity index (χ1) is 7.86. The fourth-order valence-electron chi connectivity index (χ4n) is 1.53. The molecule has 0 aliphatic heterocycles. The van der Waals surface area contributed by atoms with E-state index in [0.29, 0.717) is 0 Å². The zero-order chi connectivity index (χ0) is 13.1. The van der Waals surface area contributed by atoms with E-state index in [-0.39, 0.29) is 5.54 Å². The third-order valence-corrected chi connectivity index (χ3v) is 3.07. The van der Waals surface area contributed by atoms with Crippen molar-refractivity contribution in [2.24, 2.45) is 0 Å². The van der Waals surface area contributed by atoms with E-state index < -0.39 is 0 Å². The Labute approximate surface area is 104 Å². The van der Waals surface area contributed by atoms with Crippen LogP contribution >= 0.6 is 0 Å². The van der Waals surface area contributed by atoms with Gasteiger partial charge in [-0.2, -0.15) is 0 Å². The van der Waals surface area contributed by atoms with Gasteiger partial charge >= 0.3 is 0 Å². The standard InChI is InChI=1S/C13H24N4/c1-7-8-14-12-15-11(2)9-17(12)10-13(3,4)16(5)6/h7,9H,1,8,10H2,2-6H3,(H,14,15). The van der Waals surface area contributed by atoms with Crippen molar-refractivity contribution >= 4 is 5.95 Å². The van der Waals surface area contributed by atoms with Crippen LogP contribution < -0.4 is 5.32 Å². The van der Waals surface area contributed by atoms with Crippen LogP contribution in [0, 0.1) is 6.92 Å². The van der Waals surface area contributed by atoms with Gasteiger partial charge in [0.05, 0.1) is 5.69 Å². The smallest absolute Gasteiger partial charge is 0.203 e. The number of imidazole rings is 1. The van der Waals surface area contributed by atoms with Crippen LogP contribution in [0.5, 0.6) is 0 Å². The lowest BCUT2D eigenvalue weighted by Crippen LogP contribution is -2.42. The Morgan fingerprint density at radius 2 is 2.18 bits per heavy atom. The molecule has 0 aromatic carbocycles. The van der Waals surface area contributed by atoms with Crippen molar-refractivity contribution in [3.63, 3.8) is 0 Å². The van der Waals surface area contributed by atoms with E-state index in [1.165, 1.54) is 0 Å². The lowest BCUT2D eigenvalue weighted by atomic mass is 10.0. The highest BCUT2D eigenvalue weighted by Crippen LogP contribution is 2.17. The maximum Gasteiger partial charge on any atom is 0.203 e. The maximum atomic E-state index is 4.48. The molecule has 0 amide bonds. The predicted octanol–water partition coefficient (Wildman–Crippen LogP) is 2.13. The van der Waals surface area contributed by atoms with E-state index >= 15 is 0 Å². The summed E-state index contributed by atoms with van der Waals surface area (Å²) in [6, 6.07) is 0. The van der Waals surface area contributed by atoms with Crippen LogP contribution in [0.3, 0.4) is 0 Å². The largest absolute Gasteiger partial charge is 0.352 e. The van der Waals surface area contributed by atoms with Crippen LogP contribution in [0.25, 0.3) is 0 Å². The minimum atomic E-state index is 0.0950. The lowest BCUT2D eigenvalue weighted by molar-refractivity contribution is 0.170. The Hall–Kier alpha value is -1.29. The third kappa shape index (κ3) is 3.60. The summed E-state index contributed by atoms with van der Waals surface area (Å²) < 4.78 is 2.17. The molecule has 1 heterocycles. The molecule has 1 rings (SSSR count). The summed E-state index contributed by atoms with van der Waals surface area (Å²) in [4.78, 5) is 6.70. The molecule has 4 heteroatoms. The topological polar surface area (TPSA) is 33.1 Å². The summed E-state index contributed by atoms with van der Waals surface area (Å²) in [5.41, 5.74) is 1.13. The first-order valence-electron chi connectivity index (χ1n) is 5.93. The molecule has 96 valence electrons. The molecule has 0 unspecified atom stereocenters. The maximum absolute atomic E-state index is 4.48. The second kappa shape index (κ2) is 5.36. The van der Waals surface area contributed by atoms with Crippen LogP contribution in [0.2, 0.25) is 0 Å². The summed E-state index contributed by atoms with van der Waals surface area (Å²) in [5.74, 6) is 0.914.